The van der Waals surface area contributed by atoms with Gasteiger partial charge in [-0.25, -0.2) is 8.42 Å². The van der Waals surface area contributed by atoms with Crippen LogP contribution in [0, 0.1) is 19.8 Å². The van der Waals surface area contributed by atoms with Crippen molar-refractivity contribution in [2.24, 2.45) is 5.92 Å². The van der Waals surface area contributed by atoms with Gasteiger partial charge in [0.25, 0.3) is 0 Å². The first kappa shape index (κ1) is 34.8. The van der Waals surface area contributed by atoms with E-state index in [1.54, 1.807) is 33.1 Å². The summed E-state index contributed by atoms with van der Waals surface area (Å²) >= 11 is 0. The summed E-state index contributed by atoms with van der Waals surface area (Å²) in [5, 5.41) is 0. The van der Waals surface area contributed by atoms with Gasteiger partial charge < -0.3 is 19.3 Å². The number of hydrogen-bond acceptors (Lipinski definition) is 7. The van der Waals surface area contributed by atoms with E-state index >= 15 is 0 Å². The molecule has 1 atom stereocenters. The molecule has 254 valence electrons. The first-order valence-electron chi connectivity index (χ1n) is 17.0. The van der Waals surface area contributed by atoms with Crippen LogP contribution in [0.4, 0.5) is 0 Å². The largest absolute Gasteiger partial charge is 0.497 e. The number of carbonyl (C=O) groups is 1. The van der Waals surface area contributed by atoms with Crippen LogP contribution in [0.25, 0.3) is 0 Å². The molecule has 46 heavy (non-hydrogen) atoms. The molecule has 1 aliphatic carbocycles. The number of likely N-dealkylation sites (N-methyl/N-ethyl adjacent to an activating group) is 2. The molecule has 5 rings (SSSR count). The summed E-state index contributed by atoms with van der Waals surface area (Å²) in [4.78, 5) is 20.5. The molecule has 2 heterocycles. The van der Waals surface area contributed by atoms with Gasteiger partial charge in [0, 0.05) is 58.4 Å². The standard InChI is InChI=1S/C36H54N4O5S/c1-28-22-33(44-5)23-29(2)35(28)46(42,43)40-17-9-12-32(26-40)45-27-34(41)38(4)25-31-13-15-36(16-14-31,24-30-10-7-6-8-11-30)39-20-18-37(3)19-21-39/h6-8,10-11,22-23,31-32H,9,12-21,24-27H2,1-5H3. The van der Waals surface area contributed by atoms with Crippen molar-refractivity contribution >= 4 is 15.9 Å². The number of sulfonamides is 1. The van der Waals surface area contributed by atoms with E-state index in [1.165, 1.54) is 9.87 Å². The average Bonchev–Trinajstić information content (AvgIpc) is 3.05. The molecule has 1 saturated carbocycles. The Balaban J connectivity index is 1.13. The lowest BCUT2D eigenvalue weighted by Gasteiger charge is -2.51. The molecule has 3 fully saturated rings. The Kier molecular flexibility index (Phi) is 11.5. The molecule has 10 heteroatoms. The highest BCUT2D eigenvalue weighted by molar-refractivity contribution is 7.89. The molecule has 1 amide bonds. The number of benzene rings is 2. The number of piperidine rings is 1. The highest BCUT2D eigenvalue weighted by atomic mass is 32.2. The zero-order chi connectivity index (χ0) is 32.9. The second kappa shape index (κ2) is 15.2. The summed E-state index contributed by atoms with van der Waals surface area (Å²) in [6, 6.07) is 14.4. The summed E-state index contributed by atoms with van der Waals surface area (Å²) in [5.41, 5.74) is 2.93. The number of amides is 1. The summed E-state index contributed by atoms with van der Waals surface area (Å²) in [7, 11) is 1.97. The monoisotopic (exact) mass is 654 g/mol. The van der Waals surface area contributed by atoms with Crippen LogP contribution in [-0.4, -0.2) is 119 Å². The third-order valence-electron chi connectivity index (χ3n) is 10.6. The van der Waals surface area contributed by atoms with Crippen molar-refractivity contribution in [3.63, 3.8) is 0 Å². The molecule has 2 aliphatic heterocycles. The van der Waals surface area contributed by atoms with Crippen LogP contribution in [-0.2, 0) is 26.0 Å². The summed E-state index contributed by atoms with van der Waals surface area (Å²) < 4.78 is 40.2. The minimum atomic E-state index is -3.70. The number of nitrogens with zero attached hydrogens (tertiary/aromatic N) is 4. The number of ether oxygens (including phenoxy) is 2. The molecule has 0 aromatic heterocycles. The quantitative estimate of drug-likeness (QED) is 0.356. The Labute approximate surface area is 276 Å². The maximum absolute atomic E-state index is 13.7. The number of rotatable bonds is 11. The first-order chi connectivity index (χ1) is 22.0. The zero-order valence-electron chi connectivity index (χ0n) is 28.5. The molecule has 1 unspecified atom stereocenters. The Morgan fingerprint density at radius 1 is 0.978 bits per heavy atom. The first-order valence-corrected chi connectivity index (χ1v) is 18.4. The zero-order valence-corrected chi connectivity index (χ0v) is 29.4. The average molecular weight is 655 g/mol. The van der Waals surface area contributed by atoms with Crippen molar-refractivity contribution < 1.29 is 22.7 Å². The predicted molar refractivity (Wildman–Crippen MR) is 182 cm³/mol. The van der Waals surface area contributed by atoms with Gasteiger partial charge in [-0.15, -0.1) is 0 Å². The molecule has 0 radical (unpaired) electrons. The van der Waals surface area contributed by atoms with E-state index < -0.39 is 10.0 Å². The van der Waals surface area contributed by atoms with E-state index in [1.807, 2.05) is 11.9 Å². The molecule has 9 nitrogen and oxygen atoms in total. The molecule has 2 saturated heterocycles. The van der Waals surface area contributed by atoms with E-state index in [9.17, 15) is 13.2 Å². The summed E-state index contributed by atoms with van der Waals surface area (Å²) in [6.45, 7) is 9.46. The van der Waals surface area contributed by atoms with E-state index in [0.29, 0.717) is 40.7 Å². The molecule has 2 aromatic carbocycles. The predicted octanol–water partition coefficient (Wildman–Crippen LogP) is 4.36. The van der Waals surface area contributed by atoms with Crippen LogP contribution >= 0.6 is 0 Å². The summed E-state index contributed by atoms with van der Waals surface area (Å²) in [5.74, 6) is 1.07. The molecular weight excluding hydrogens is 600 g/mol. The van der Waals surface area contributed by atoms with Crippen LogP contribution in [0.5, 0.6) is 5.75 Å². The molecular formula is C36H54N4O5S. The van der Waals surface area contributed by atoms with Crippen LogP contribution in [0.2, 0.25) is 0 Å². The third-order valence-corrected chi connectivity index (χ3v) is 12.8. The lowest BCUT2D eigenvalue weighted by molar-refractivity contribution is -0.138. The number of hydrogen-bond donors (Lipinski definition) is 0. The highest BCUT2D eigenvalue weighted by Crippen LogP contribution is 2.40. The molecule has 0 N–H and O–H groups in total. The second-order valence-corrected chi connectivity index (χ2v) is 15.8. The van der Waals surface area contributed by atoms with Gasteiger partial charge in [0.05, 0.1) is 18.1 Å². The molecule has 0 spiro atoms. The van der Waals surface area contributed by atoms with Crippen molar-refractivity contribution in [3.05, 3.63) is 59.2 Å². The van der Waals surface area contributed by atoms with Gasteiger partial charge in [-0.1, -0.05) is 30.3 Å². The van der Waals surface area contributed by atoms with Gasteiger partial charge in [0.2, 0.25) is 15.9 Å². The van der Waals surface area contributed by atoms with Crippen LogP contribution in [0.15, 0.2) is 47.4 Å². The SMILES string of the molecule is COc1cc(C)c(S(=O)(=O)N2CCCC(OCC(=O)N(C)CC3CCC(Cc4ccccc4)(N4CCN(C)CC4)CC3)C2)c(C)c1. The van der Waals surface area contributed by atoms with Gasteiger partial charge in [-0.3, -0.25) is 9.69 Å². The second-order valence-electron chi connectivity index (χ2n) is 13.9. The van der Waals surface area contributed by atoms with E-state index in [-0.39, 0.29) is 30.7 Å². The fourth-order valence-corrected chi connectivity index (χ4v) is 9.79. The Morgan fingerprint density at radius 2 is 1.63 bits per heavy atom. The fourth-order valence-electron chi connectivity index (χ4n) is 7.87. The lowest BCUT2D eigenvalue weighted by atomic mass is 9.72. The summed E-state index contributed by atoms with van der Waals surface area (Å²) in [6.07, 6.45) is 6.72. The topological polar surface area (TPSA) is 82.6 Å². The Hall–Kier alpha value is -2.50. The van der Waals surface area contributed by atoms with Crippen molar-refractivity contribution in [2.45, 2.75) is 75.3 Å². The molecule has 3 aliphatic rings. The number of carbonyl (C=O) groups excluding carboxylic acids is 1. The maximum atomic E-state index is 13.7. The maximum Gasteiger partial charge on any atom is 0.248 e. The lowest BCUT2D eigenvalue weighted by Crippen LogP contribution is -2.59. The van der Waals surface area contributed by atoms with Crippen molar-refractivity contribution in [2.75, 3.05) is 73.6 Å². The van der Waals surface area contributed by atoms with Crippen molar-refractivity contribution in [3.8, 4) is 5.75 Å². The Morgan fingerprint density at radius 3 is 2.26 bits per heavy atom. The van der Waals surface area contributed by atoms with Crippen molar-refractivity contribution in [1.29, 1.82) is 0 Å². The van der Waals surface area contributed by atoms with Gasteiger partial charge in [-0.05, 0) is 101 Å². The van der Waals surface area contributed by atoms with Gasteiger partial charge >= 0.3 is 0 Å². The third kappa shape index (κ3) is 8.13. The van der Waals surface area contributed by atoms with Gasteiger partial charge in [-0.2, -0.15) is 4.31 Å². The van der Waals surface area contributed by atoms with E-state index in [2.05, 4.69) is 47.2 Å². The van der Waals surface area contributed by atoms with Crippen molar-refractivity contribution in [1.82, 2.24) is 19.0 Å². The van der Waals surface area contributed by atoms with E-state index in [0.717, 1.165) is 71.2 Å². The number of methoxy groups -OCH3 is 1. The smallest absolute Gasteiger partial charge is 0.248 e. The minimum absolute atomic E-state index is 0.0262. The van der Waals surface area contributed by atoms with Crippen LogP contribution < -0.4 is 4.74 Å². The van der Waals surface area contributed by atoms with Crippen LogP contribution in [0.3, 0.4) is 0 Å². The number of aryl methyl sites for hydroxylation is 2. The highest BCUT2D eigenvalue weighted by Gasteiger charge is 2.41. The van der Waals surface area contributed by atoms with Gasteiger partial charge in [0.15, 0.2) is 0 Å². The number of piperazine rings is 1. The molecule has 2 aromatic rings. The minimum Gasteiger partial charge on any atom is -0.497 e. The fraction of sp³-hybridized carbons (Fsp3) is 0.639. The normalized spacial score (nSPS) is 25.3. The molecule has 0 bridgehead atoms. The van der Waals surface area contributed by atoms with E-state index in [4.69, 9.17) is 9.47 Å². The van der Waals surface area contributed by atoms with Gasteiger partial charge in [0.1, 0.15) is 12.4 Å². The van der Waals surface area contributed by atoms with Crippen LogP contribution in [0.1, 0.15) is 55.2 Å². The Bertz CT molecular complexity index is 1400.